The number of rotatable bonds is 3. The molecule has 0 spiro atoms. The van der Waals surface area contributed by atoms with Crippen LogP contribution in [0.2, 0.25) is 0 Å². The van der Waals surface area contributed by atoms with Crippen LogP contribution in [0.25, 0.3) is 0 Å². The molecule has 1 atom stereocenters. The van der Waals surface area contributed by atoms with Crippen LogP contribution in [0.1, 0.15) is 11.7 Å². The third-order valence-corrected chi connectivity index (χ3v) is 3.67. The summed E-state index contributed by atoms with van der Waals surface area (Å²) in [6.45, 7) is 0.656. The number of para-hydroxylation sites is 1. The summed E-state index contributed by atoms with van der Waals surface area (Å²) in [6.07, 6.45) is -0.166. The van der Waals surface area contributed by atoms with Crippen molar-refractivity contribution in [1.29, 1.82) is 0 Å². The fourth-order valence-corrected chi connectivity index (χ4v) is 2.66. The largest absolute Gasteiger partial charge is 0.482 e. The van der Waals surface area contributed by atoms with Crippen molar-refractivity contribution >= 4 is 17.3 Å². The van der Waals surface area contributed by atoms with Gasteiger partial charge in [0, 0.05) is 0 Å². The maximum absolute atomic E-state index is 11.7. The standard InChI is InChI=1S/C16H18N4O2/c17-12-7-4-8-13-16(12)20(10-15(21)19-18)9-14(22-13)11-5-2-1-3-6-11/h1-8,14H,9-10,17-18H2,(H,19,21). The van der Waals surface area contributed by atoms with E-state index in [0.29, 0.717) is 18.0 Å². The summed E-state index contributed by atoms with van der Waals surface area (Å²) in [7, 11) is 0. The number of amides is 1. The van der Waals surface area contributed by atoms with Gasteiger partial charge in [0.15, 0.2) is 0 Å². The molecular weight excluding hydrogens is 280 g/mol. The molecule has 0 fully saturated rings. The van der Waals surface area contributed by atoms with Crippen molar-refractivity contribution in [1.82, 2.24) is 5.43 Å². The number of anilines is 2. The molecule has 1 unspecified atom stereocenters. The summed E-state index contributed by atoms with van der Waals surface area (Å²) in [5.74, 6) is 5.60. The number of hydrazine groups is 1. The van der Waals surface area contributed by atoms with E-state index in [9.17, 15) is 4.79 Å². The second kappa shape index (κ2) is 5.95. The first-order chi connectivity index (χ1) is 10.7. The Morgan fingerprint density at radius 1 is 1.23 bits per heavy atom. The van der Waals surface area contributed by atoms with Gasteiger partial charge in [0.1, 0.15) is 17.5 Å². The van der Waals surface area contributed by atoms with Crippen LogP contribution >= 0.6 is 0 Å². The average molecular weight is 298 g/mol. The molecule has 6 heteroatoms. The normalized spacial score (nSPS) is 16.6. The first-order valence-electron chi connectivity index (χ1n) is 7.03. The van der Waals surface area contributed by atoms with Gasteiger partial charge in [-0.05, 0) is 17.7 Å². The number of nitrogens with one attached hydrogen (secondary N) is 1. The van der Waals surface area contributed by atoms with E-state index >= 15 is 0 Å². The number of nitrogen functional groups attached to an aromatic ring is 1. The van der Waals surface area contributed by atoms with Crippen LogP contribution < -0.4 is 26.6 Å². The Morgan fingerprint density at radius 2 is 2.00 bits per heavy atom. The summed E-state index contributed by atoms with van der Waals surface area (Å²) in [5, 5.41) is 0. The van der Waals surface area contributed by atoms with Crippen molar-refractivity contribution < 1.29 is 9.53 Å². The number of hydrogen-bond acceptors (Lipinski definition) is 5. The van der Waals surface area contributed by atoms with Gasteiger partial charge in [-0.15, -0.1) is 0 Å². The lowest BCUT2D eigenvalue weighted by Gasteiger charge is -2.36. The molecule has 114 valence electrons. The third kappa shape index (κ3) is 2.68. The van der Waals surface area contributed by atoms with Crippen molar-refractivity contribution in [3.63, 3.8) is 0 Å². The summed E-state index contributed by atoms with van der Waals surface area (Å²) in [6, 6.07) is 15.4. The summed E-state index contributed by atoms with van der Waals surface area (Å²) < 4.78 is 6.06. The highest BCUT2D eigenvalue weighted by Gasteiger charge is 2.29. The van der Waals surface area contributed by atoms with E-state index in [1.54, 1.807) is 6.07 Å². The lowest BCUT2D eigenvalue weighted by atomic mass is 10.1. The molecule has 1 aliphatic heterocycles. The number of carbonyl (C=O) groups excluding carboxylic acids is 1. The van der Waals surface area contributed by atoms with Crippen LogP contribution in [-0.2, 0) is 4.79 Å². The summed E-state index contributed by atoms with van der Waals surface area (Å²) in [5.41, 5.74) is 10.6. The zero-order valence-electron chi connectivity index (χ0n) is 12.0. The Hall–Kier alpha value is -2.73. The van der Waals surface area contributed by atoms with Gasteiger partial charge in [-0.2, -0.15) is 0 Å². The predicted octanol–water partition coefficient (Wildman–Crippen LogP) is 1.20. The molecule has 0 aliphatic carbocycles. The van der Waals surface area contributed by atoms with E-state index in [0.717, 1.165) is 11.3 Å². The maximum atomic E-state index is 11.7. The monoisotopic (exact) mass is 298 g/mol. The lowest BCUT2D eigenvalue weighted by Crippen LogP contribution is -2.44. The third-order valence-electron chi connectivity index (χ3n) is 3.67. The Bertz CT molecular complexity index is 675. The first kappa shape index (κ1) is 14.2. The molecule has 0 saturated heterocycles. The smallest absolute Gasteiger partial charge is 0.253 e. The van der Waals surface area contributed by atoms with Crippen molar-refractivity contribution in [3.05, 3.63) is 54.1 Å². The number of nitrogens with zero attached hydrogens (tertiary/aromatic N) is 1. The van der Waals surface area contributed by atoms with Crippen LogP contribution in [0.5, 0.6) is 5.75 Å². The zero-order chi connectivity index (χ0) is 15.5. The first-order valence-corrected chi connectivity index (χ1v) is 7.03. The van der Waals surface area contributed by atoms with Crippen LogP contribution in [-0.4, -0.2) is 19.0 Å². The van der Waals surface area contributed by atoms with Crippen LogP contribution in [0, 0.1) is 0 Å². The molecule has 0 bridgehead atoms. The topological polar surface area (TPSA) is 93.6 Å². The SMILES string of the molecule is NNC(=O)CN1CC(c2ccccc2)Oc2cccc(N)c21. The van der Waals surface area contributed by atoms with Crippen LogP contribution in [0.15, 0.2) is 48.5 Å². The molecule has 2 aromatic rings. The fraction of sp³-hybridized carbons (Fsp3) is 0.188. The van der Waals surface area contributed by atoms with Crippen molar-refractivity contribution in [3.8, 4) is 5.75 Å². The number of nitrogens with two attached hydrogens (primary N) is 2. The van der Waals surface area contributed by atoms with Gasteiger partial charge in [-0.25, -0.2) is 5.84 Å². The quantitative estimate of drug-likeness (QED) is 0.343. The highest BCUT2D eigenvalue weighted by atomic mass is 16.5. The Kier molecular flexibility index (Phi) is 3.84. The van der Waals surface area contributed by atoms with Gasteiger partial charge in [-0.1, -0.05) is 36.4 Å². The predicted molar refractivity (Wildman–Crippen MR) is 85.2 cm³/mol. The Labute approximate surface area is 128 Å². The molecular formula is C16H18N4O2. The Morgan fingerprint density at radius 3 is 2.73 bits per heavy atom. The highest BCUT2D eigenvalue weighted by Crippen LogP contribution is 2.41. The summed E-state index contributed by atoms with van der Waals surface area (Å²) >= 11 is 0. The van der Waals surface area contributed by atoms with Gasteiger partial charge >= 0.3 is 0 Å². The molecule has 0 aromatic heterocycles. The number of ether oxygens (including phenoxy) is 1. The average Bonchev–Trinajstić information content (AvgIpc) is 2.55. The van der Waals surface area contributed by atoms with E-state index in [-0.39, 0.29) is 18.6 Å². The van der Waals surface area contributed by atoms with Gasteiger partial charge in [-0.3, -0.25) is 10.2 Å². The molecule has 0 radical (unpaired) electrons. The molecule has 2 aromatic carbocycles. The maximum Gasteiger partial charge on any atom is 0.253 e. The van der Waals surface area contributed by atoms with Gasteiger partial charge in [0.05, 0.1) is 18.8 Å². The number of hydrogen-bond donors (Lipinski definition) is 3. The van der Waals surface area contributed by atoms with Crippen molar-refractivity contribution in [2.24, 2.45) is 5.84 Å². The molecule has 1 amide bonds. The molecule has 1 aliphatic rings. The minimum Gasteiger partial charge on any atom is -0.482 e. The molecule has 0 saturated carbocycles. The van der Waals surface area contributed by atoms with E-state index in [1.807, 2.05) is 47.4 Å². The number of benzene rings is 2. The zero-order valence-corrected chi connectivity index (χ0v) is 12.0. The number of fused-ring (bicyclic) bond motifs is 1. The van der Waals surface area contributed by atoms with E-state index in [4.69, 9.17) is 16.3 Å². The van der Waals surface area contributed by atoms with E-state index in [2.05, 4.69) is 5.43 Å². The second-order valence-corrected chi connectivity index (χ2v) is 5.16. The molecule has 1 heterocycles. The van der Waals surface area contributed by atoms with Gasteiger partial charge < -0.3 is 15.4 Å². The van der Waals surface area contributed by atoms with E-state index < -0.39 is 0 Å². The van der Waals surface area contributed by atoms with Crippen molar-refractivity contribution in [2.75, 3.05) is 23.7 Å². The van der Waals surface area contributed by atoms with Crippen LogP contribution in [0.3, 0.4) is 0 Å². The van der Waals surface area contributed by atoms with Crippen LogP contribution in [0.4, 0.5) is 11.4 Å². The van der Waals surface area contributed by atoms with E-state index in [1.165, 1.54) is 0 Å². The van der Waals surface area contributed by atoms with Crippen molar-refractivity contribution in [2.45, 2.75) is 6.10 Å². The van der Waals surface area contributed by atoms with Gasteiger partial charge in [0.25, 0.3) is 5.91 Å². The highest BCUT2D eigenvalue weighted by molar-refractivity contribution is 5.85. The Balaban J connectivity index is 1.96. The fourth-order valence-electron chi connectivity index (χ4n) is 2.66. The summed E-state index contributed by atoms with van der Waals surface area (Å²) in [4.78, 5) is 13.6. The lowest BCUT2D eigenvalue weighted by molar-refractivity contribution is -0.119. The number of carbonyl (C=O) groups is 1. The minimum atomic E-state index is -0.275. The van der Waals surface area contributed by atoms with Gasteiger partial charge in [0.2, 0.25) is 0 Å². The molecule has 22 heavy (non-hydrogen) atoms. The molecule has 6 nitrogen and oxygen atoms in total. The minimum absolute atomic E-state index is 0.129. The molecule has 5 N–H and O–H groups in total. The molecule has 3 rings (SSSR count). The second-order valence-electron chi connectivity index (χ2n) is 5.16.